The summed E-state index contributed by atoms with van der Waals surface area (Å²) in [6.07, 6.45) is 1.26. The first-order valence-corrected chi connectivity index (χ1v) is 9.32. The van der Waals surface area contributed by atoms with E-state index in [1.165, 1.54) is 25.5 Å². The highest BCUT2D eigenvalue weighted by atomic mass is 32.2. The summed E-state index contributed by atoms with van der Waals surface area (Å²) >= 11 is 0. The molecule has 0 bridgehead atoms. The molecule has 0 saturated carbocycles. The first-order chi connectivity index (χ1) is 11.8. The van der Waals surface area contributed by atoms with Crippen LogP contribution >= 0.6 is 0 Å². The minimum atomic E-state index is -3.52. The highest BCUT2D eigenvalue weighted by molar-refractivity contribution is 7.86. The Morgan fingerprint density at radius 3 is 2.44 bits per heavy atom. The van der Waals surface area contributed by atoms with Gasteiger partial charge in [0.1, 0.15) is 0 Å². The van der Waals surface area contributed by atoms with Crippen LogP contribution < -0.4 is 5.32 Å². The number of nitrogens with zero attached hydrogens (tertiary/aromatic N) is 2. The summed E-state index contributed by atoms with van der Waals surface area (Å²) in [5.74, 6) is -1.09. The van der Waals surface area contributed by atoms with Crippen molar-refractivity contribution in [3.8, 4) is 0 Å². The maximum atomic E-state index is 12.4. The van der Waals surface area contributed by atoms with Crippen molar-refractivity contribution in [1.29, 1.82) is 0 Å². The van der Waals surface area contributed by atoms with Crippen molar-refractivity contribution in [3.63, 3.8) is 0 Å². The Bertz CT molecular complexity index is 731. The molecule has 0 spiro atoms. The molecule has 1 aliphatic rings. The van der Waals surface area contributed by atoms with Crippen molar-refractivity contribution in [2.75, 3.05) is 39.6 Å². The lowest BCUT2D eigenvalue weighted by Gasteiger charge is -2.32. The van der Waals surface area contributed by atoms with E-state index in [4.69, 9.17) is 0 Å². The van der Waals surface area contributed by atoms with Crippen molar-refractivity contribution in [2.24, 2.45) is 5.92 Å². The first kappa shape index (κ1) is 19.4. The van der Waals surface area contributed by atoms with Crippen LogP contribution in [0.4, 0.5) is 5.69 Å². The summed E-state index contributed by atoms with van der Waals surface area (Å²) < 4.78 is 31.5. The number of ether oxygens (including phenoxy) is 1. The van der Waals surface area contributed by atoms with Gasteiger partial charge in [0, 0.05) is 32.9 Å². The van der Waals surface area contributed by atoms with Gasteiger partial charge in [-0.05, 0) is 37.1 Å². The molecule has 1 aromatic rings. The summed E-state index contributed by atoms with van der Waals surface area (Å²) in [4.78, 5) is 23.9. The average molecular weight is 369 g/mol. The SMILES string of the molecule is COC(=O)c1ccc(NC(=O)[C@@H]2CCCN(S(=O)(=O)N(C)C)C2)cc1. The molecule has 1 aromatic carbocycles. The van der Waals surface area contributed by atoms with Crippen LogP contribution in [0.25, 0.3) is 0 Å². The smallest absolute Gasteiger partial charge is 0.337 e. The second-order valence-electron chi connectivity index (χ2n) is 6.05. The average Bonchev–Trinajstić information content (AvgIpc) is 2.61. The second-order valence-corrected chi connectivity index (χ2v) is 8.19. The van der Waals surface area contributed by atoms with Crippen molar-refractivity contribution >= 4 is 27.8 Å². The molecule has 1 atom stereocenters. The van der Waals surface area contributed by atoms with Gasteiger partial charge in [-0.15, -0.1) is 0 Å². The third-order valence-corrected chi connectivity index (χ3v) is 6.02. The van der Waals surface area contributed by atoms with Crippen molar-refractivity contribution < 1.29 is 22.7 Å². The zero-order valence-electron chi connectivity index (χ0n) is 14.6. The molecule has 1 fully saturated rings. The molecule has 1 aliphatic heterocycles. The van der Waals surface area contributed by atoms with Crippen LogP contribution in [-0.2, 0) is 19.7 Å². The van der Waals surface area contributed by atoms with Gasteiger partial charge in [-0.3, -0.25) is 4.79 Å². The summed E-state index contributed by atoms with van der Waals surface area (Å²) in [7, 11) is 0.726. The highest BCUT2D eigenvalue weighted by Gasteiger charge is 2.33. The highest BCUT2D eigenvalue weighted by Crippen LogP contribution is 2.22. The van der Waals surface area contributed by atoms with E-state index in [1.54, 1.807) is 24.3 Å². The van der Waals surface area contributed by atoms with E-state index in [0.29, 0.717) is 30.6 Å². The number of anilines is 1. The van der Waals surface area contributed by atoms with Gasteiger partial charge in [0.15, 0.2) is 0 Å². The van der Waals surface area contributed by atoms with Gasteiger partial charge in [-0.25, -0.2) is 4.79 Å². The monoisotopic (exact) mass is 369 g/mol. The van der Waals surface area contributed by atoms with Gasteiger partial charge < -0.3 is 10.1 Å². The number of piperidine rings is 1. The number of methoxy groups -OCH3 is 1. The molecule has 1 amide bonds. The van der Waals surface area contributed by atoms with E-state index in [1.807, 2.05) is 0 Å². The van der Waals surface area contributed by atoms with E-state index >= 15 is 0 Å². The topological polar surface area (TPSA) is 96.0 Å². The zero-order valence-corrected chi connectivity index (χ0v) is 15.4. The lowest BCUT2D eigenvalue weighted by atomic mass is 9.98. The Labute approximate surface area is 147 Å². The summed E-state index contributed by atoms with van der Waals surface area (Å²) in [5, 5.41) is 2.77. The standard InChI is InChI=1S/C16H23N3O5S/c1-18(2)25(22,23)19-10-4-5-13(11-19)15(20)17-14-8-6-12(7-9-14)16(21)24-3/h6-9,13H,4-5,10-11H2,1-3H3,(H,17,20)/t13-/m1/s1. The van der Waals surface area contributed by atoms with E-state index in [0.717, 1.165) is 4.31 Å². The van der Waals surface area contributed by atoms with Crippen molar-refractivity contribution in [3.05, 3.63) is 29.8 Å². The summed E-state index contributed by atoms with van der Waals surface area (Å²) in [6, 6.07) is 6.35. The number of hydrogen-bond acceptors (Lipinski definition) is 5. The molecule has 0 aliphatic carbocycles. The quantitative estimate of drug-likeness (QED) is 0.779. The molecule has 2 rings (SSSR count). The van der Waals surface area contributed by atoms with Crippen LogP contribution in [0.2, 0.25) is 0 Å². The van der Waals surface area contributed by atoms with E-state index in [-0.39, 0.29) is 12.5 Å². The van der Waals surface area contributed by atoms with Gasteiger partial charge in [0.2, 0.25) is 5.91 Å². The lowest BCUT2D eigenvalue weighted by Crippen LogP contribution is -2.47. The molecule has 8 nitrogen and oxygen atoms in total. The number of hydrogen-bond donors (Lipinski definition) is 1. The number of esters is 1. The fourth-order valence-electron chi connectivity index (χ4n) is 2.65. The number of carbonyl (C=O) groups is 2. The molecule has 0 unspecified atom stereocenters. The number of benzene rings is 1. The number of amides is 1. The Balaban J connectivity index is 2.02. The lowest BCUT2D eigenvalue weighted by molar-refractivity contribution is -0.120. The minimum absolute atomic E-state index is 0.159. The maximum absolute atomic E-state index is 12.4. The third kappa shape index (κ3) is 4.56. The van der Waals surface area contributed by atoms with Crippen LogP contribution in [0.3, 0.4) is 0 Å². The molecular weight excluding hydrogens is 346 g/mol. The van der Waals surface area contributed by atoms with Crippen LogP contribution in [0.1, 0.15) is 23.2 Å². The predicted molar refractivity (Wildman–Crippen MR) is 93.3 cm³/mol. The van der Waals surface area contributed by atoms with Gasteiger partial charge in [0.05, 0.1) is 18.6 Å². The van der Waals surface area contributed by atoms with Gasteiger partial charge in [-0.1, -0.05) is 0 Å². The second kappa shape index (κ2) is 7.94. The van der Waals surface area contributed by atoms with Gasteiger partial charge in [-0.2, -0.15) is 17.0 Å². The number of carbonyl (C=O) groups excluding carboxylic acids is 2. The fourth-order valence-corrected chi connectivity index (χ4v) is 3.84. The fraction of sp³-hybridized carbons (Fsp3) is 0.500. The molecule has 0 aromatic heterocycles. The zero-order chi connectivity index (χ0) is 18.6. The Morgan fingerprint density at radius 2 is 1.88 bits per heavy atom. The van der Waals surface area contributed by atoms with Gasteiger partial charge >= 0.3 is 5.97 Å². The number of nitrogens with one attached hydrogen (secondary N) is 1. The molecule has 138 valence electrons. The van der Waals surface area contributed by atoms with E-state index in [2.05, 4.69) is 10.1 Å². The molecule has 25 heavy (non-hydrogen) atoms. The van der Waals surface area contributed by atoms with Crippen LogP contribution in [0.5, 0.6) is 0 Å². The summed E-state index contributed by atoms with van der Waals surface area (Å²) in [6.45, 7) is 0.574. The Hall–Kier alpha value is -1.97. The molecule has 1 N–H and O–H groups in total. The predicted octanol–water partition coefficient (Wildman–Crippen LogP) is 0.930. The molecule has 9 heteroatoms. The number of rotatable bonds is 5. The minimum Gasteiger partial charge on any atom is -0.465 e. The van der Waals surface area contributed by atoms with Crippen molar-refractivity contribution in [1.82, 2.24) is 8.61 Å². The maximum Gasteiger partial charge on any atom is 0.337 e. The normalized spacial score (nSPS) is 18.8. The molecule has 1 heterocycles. The molecule has 1 saturated heterocycles. The Kier molecular flexibility index (Phi) is 6.15. The third-order valence-electron chi connectivity index (χ3n) is 4.12. The first-order valence-electron chi connectivity index (χ1n) is 7.92. The molecule has 0 radical (unpaired) electrons. The van der Waals surface area contributed by atoms with Crippen LogP contribution in [-0.4, -0.2) is 63.2 Å². The van der Waals surface area contributed by atoms with E-state index < -0.39 is 22.1 Å². The van der Waals surface area contributed by atoms with E-state index in [9.17, 15) is 18.0 Å². The summed E-state index contributed by atoms with van der Waals surface area (Å²) in [5.41, 5.74) is 0.937. The van der Waals surface area contributed by atoms with Crippen LogP contribution in [0, 0.1) is 5.92 Å². The van der Waals surface area contributed by atoms with Crippen LogP contribution in [0.15, 0.2) is 24.3 Å². The van der Waals surface area contributed by atoms with Gasteiger partial charge in [0.25, 0.3) is 10.2 Å². The molecular formula is C16H23N3O5S. The largest absolute Gasteiger partial charge is 0.465 e. The Morgan fingerprint density at radius 1 is 1.24 bits per heavy atom. The van der Waals surface area contributed by atoms with Crippen molar-refractivity contribution in [2.45, 2.75) is 12.8 Å².